The second-order valence-corrected chi connectivity index (χ2v) is 3.27. The fraction of sp³-hybridized carbons (Fsp3) is 0.273. The maximum absolute atomic E-state index is 13.0. The fourth-order valence-electron chi connectivity index (χ4n) is 1.24. The van der Waals surface area contributed by atoms with E-state index < -0.39 is 0 Å². The summed E-state index contributed by atoms with van der Waals surface area (Å²) in [5.74, 6) is -0.388. The van der Waals surface area contributed by atoms with E-state index in [0.717, 1.165) is 6.42 Å². The van der Waals surface area contributed by atoms with E-state index in [-0.39, 0.29) is 17.5 Å². The lowest BCUT2D eigenvalue weighted by atomic mass is 10.2. The summed E-state index contributed by atoms with van der Waals surface area (Å²) in [4.78, 5) is 0. The van der Waals surface area contributed by atoms with Crippen molar-refractivity contribution in [3.05, 3.63) is 36.7 Å². The summed E-state index contributed by atoms with van der Waals surface area (Å²) in [7, 11) is 0. The van der Waals surface area contributed by atoms with Gasteiger partial charge in [0.05, 0.1) is 11.4 Å². The molecule has 0 bridgehead atoms. The molecular weight excluding hydrogens is 179 g/mol. The Morgan fingerprint density at radius 1 is 1.64 bits per heavy atom. The average Bonchev–Trinajstić information content (AvgIpc) is 2.13. The van der Waals surface area contributed by atoms with Crippen LogP contribution in [0.15, 0.2) is 30.9 Å². The van der Waals surface area contributed by atoms with Gasteiger partial charge in [-0.25, -0.2) is 4.39 Å². The van der Waals surface area contributed by atoms with Crippen LogP contribution in [0.5, 0.6) is 0 Å². The number of anilines is 2. The number of nitrogens with one attached hydrogen (secondary N) is 1. The van der Waals surface area contributed by atoms with Gasteiger partial charge in [-0.2, -0.15) is 0 Å². The third-order valence-corrected chi connectivity index (χ3v) is 1.98. The standard InChI is InChI=1S/C11H15FN2/c1-3-5-8(2)14-10-7-4-6-9(12)11(10)13/h3-4,6-8,14H,1,5,13H2,2H3. The molecule has 0 saturated heterocycles. The quantitative estimate of drug-likeness (QED) is 0.571. The molecule has 1 aromatic rings. The number of hydrogen-bond donors (Lipinski definition) is 2. The summed E-state index contributed by atoms with van der Waals surface area (Å²) >= 11 is 0. The number of hydrogen-bond acceptors (Lipinski definition) is 2. The lowest BCUT2D eigenvalue weighted by Gasteiger charge is -2.15. The van der Waals surface area contributed by atoms with Gasteiger partial charge in [0.2, 0.25) is 0 Å². The first-order valence-electron chi connectivity index (χ1n) is 4.56. The topological polar surface area (TPSA) is 38.0 Å². The Hall–Kier alpha value is -1.51. The number of rotatable bonds is 4. The summed E-state index contributed by atoms with van der Waals surface area (Å²) in [6.07, 6.45) is 2.63. The molecule has 3 N–H and O–H groups in total. The number of nitrogen functional groups attached to an aromatic ring is 1. The second kappa shape index (κ2) is 4.65. The van der Waals surface area contributed by atoms with Gasteiger partial charge in [0.15, 0.2) is 0 Å². The van der Waals surface area contributed by atoms with Crippen LogP contribution in [0.2, 0.25) is 0 Å². The molecule has 0 amide bonds. The minimum atomic E-state index is -0.388. The Morgan fingerprint density at radius 2 is 2.36 bits per heavy atom. The zero-order valence-corrected chi connectivity index (χ0v) is 8.26. The predicted molar refractivity (Wildman–Crippen MR) is 58.7 cm³/mol. The zero-order chi connectivity index (χ0) is 10.6. The smallest absolute Gasteiger partial charge is 0.148 e. The van der Waals surface area contributed by atoms with Crippen molar-refractivity contribution < 1.29 is 4.39 Å². The number of para-hydroxylation sites is 1. The molecule has 3 heteroatoms. The Labute approximate surface area is 83.6 Å². The van der Waals surface area contributed by atoms with Crippen LogP contribution in [0.3, 0.4) is 0 Å². The van der Waals surface area contributed by atoms with Gasteiger partial charge in [0.25, 0.3) is 0 Å². The van der Waals surface area contributed by atoms with Gasteiger partial charge < -0.3 is 11.1 Å². The molecular formula is C11H15FN2. The summed E-state index contributed by atoms with van der Waals surface area (Å²) in [6.45, 7) is 5.63. The molecule has 0 radical (unpaired) electrons. The first-order chi connectivity index (χ1) is 6.65. The van der Waals surface area contributed by atoms with Crippen molar-refractivity contribution in [2.75, 3.05) is 11.1 Å². The monoisotopic (exact) mass is 194 g/mol. The summed E-state index contributed by atoms with van der Waals surface area (Å²) < 4.78 is 13.0. The number of benzene rings is 1. The molecule has 1 unspecified atom stereocenters. The van der Waals surface area contributed by atoms with Crippen molar-refractivity contribution in [3.8, 4) is 0 Å². The van der Waals surface area contributed by atoms with Crippen LogP contribution in [0.25, 0.3) is 0 Å². The molecule has 0 aliphatic rings. The highest BCUT2D eigenvalue weighted by molar-refractivity contribution is 5.66. The first-order valence-corrected chi connectivity index (χ1v) is 4.56. The van der Waals surface area contributed by atoms with Crippen LogP contribution in [0.1, 0.15) is 13.3 Å². The molecule has 0 saturated carbocycles. The number of halogens is 1. The van der Waals surface area contributed by atoms with Gasteiger partial charge >= 0.3 is 0 Å². The third-order valence-electron chi connectivity index (χ3n) is 1.98. The summed E-state index contributed by atoms with van der Waals surface area (Å²) in [6, 6.07) is 4.95. The molecule has 1 atom stereocenters. The lowest BCUT2D eigenvalue weighted by Crippen LogP contribution is -2.15. The Balaban J connectivity index is 2.76. The largest absolute Gasteiger partial charge is 0.395 e. The highest BCUT2D eigenvalue weighted by Crippen LogP contribution is 2.22. The SMILES string of the molecule is C=CCC(C)Nc1cccc(F)c1N. The molecule has 76 valence electrons. The molecule has 0 aromatic heterocycles. The molecule has 0 heterocycles. The predicted octanol–water partition coefficient (Wildman–Crippen LogP) is 2.78. The van der Waals surface area contributed by atoms with Gasteiger partial charge in [-0.15, -0.1) is 6.58 Å². The van der Waals surface area contributed by atoms with Gasteiger partial charge in [-0.05, 0) is 25.5 Å². The fourth-order valence-corrected chi connectivity index (χ4v) is 1.24. The Kier molecular flexibility index (Phi) is 3.51. The van der Waals surface area contributed by atoms with Gasteiger partial charge in [-0.1, -0.05) is 12.1 Å². The molecule has 1 rings (SSSR count). The van der Waals surface area contributed by atoms with Crippen molar-refractivity contribution in [2.24, 2.45) is 0 Å². The minimum absolute atomic E-state index is 0.170. The van der Waals surface area contributed by atoms with E-state index in [0.29, 0.717) is 5.69 Å². The highest BCUT2D eigenvalue weighted by atomic mass is 19.1. The van der Waals surface area contributed by atoms with Crippen molar-refractivity contribution >= 4 is 11.4 Å². The maximum Gasteiger partial charge on any atom is 0.148 e. The second-order valence-electron chi connectivity index (χ2n) is 3.27. The normalized spacial score (nSPS) is 12.1. The van der Waals surface area contributed by atoms with E-state index in [4.69, 9.17) is 5.73 Å². The van der Waals surface area contributed by atoms with Gasteiger partial charge in [-0.3, -0.25) is 0 Å². The van der Waals surface area contributed by atoms with Crippen molar-refractivity contribution in [1.82, 2.24) is 0 Å². The molecule has 1 aromatic carbocycles. The van der Waals surface area contributed by atoms with Crippen LogP contribution < -0.4 is 11.1 Å². The van der Waals surface area contributed by atoms with Gasteiger partial charge in [0, 0.05) is 6.04 Å². The van der Waals surface area contributed by atoms with E-state index in [1.54, 1.807) is 12.1 Å². The Morgan fingerprint density at radius 3 is 3.00 bits per heavy atom. The summed E-state index contributed by atoms with van der Waals surface area (Å²) in [5.41, 5.74) is 6.37. The molecule has 0 fully saturated rings. The number of nitrogens with two attached hydrogens (primary N) is 1. The maximum atomic E-state index is 13.0. The van der Waals surface area contributed by atoms with Crippen LogP contribution in [0.4, 0.5) is 15.8 Å². The van der Waals surface area contributed by atoms with Crippen LogP contribution in [-0.2, 0) is 0 Å². The third kappa shape index (κ3) is 2.49. The van der Waals surface area contributed by atoms with Crippen molar-refractivity contribution in [2.45, 2.75) is 19.4 Å². The summed E-state index contributed by atoms with van der Waals surface area (Å²) in [5, 5.41) is 3.12. The van der Waals surface area contributed by atoms with Crippen LogP contribution in [0, 0.1) is 5.82 Å². The minimum Gasteiger partial charge on any atom is -0.395 e. The van der Waals surface area contributed by atoms with Crippen LogP contribution in [-0.4, -0.2) is 6.04 Å². The van der Waals surface area contributed by atoms with E-state index in [9.17, 15) is 4.39 Å². The van der Waals surface area contributed by atoms with E-state index in [1.807, 2.05) is 13.0 Å². The van der Waals surface area contributed by atoms with Crippen LogP contribution >= 0.6 is 0 Å². The molecule has 0 aliphatic heterocycles. The molecule has 0 spiro atoms. The van der Waals surface area contributed by atoms with Gasteiger partial charge in [0.1, 0.15) is 5.82 Å². The first kappa shape index (κ1) is 10.6. The lowest BCUT2D eigenvalue weighted by molar-refractivity contribution is 0.632. The highest BCUT2D eigenvalue weighted by Gasteiger charge is 2.06. The van der Waals surface area contributed by atoms with Crippen molar-refractivity contribution in [3.63, 3.8) is 0 Å². The Bertz CT molecular complexity index is 323. The average molecular weight is 194 g/mol. The molecule has 0 aliphatic carbocycles. The molecule has 14 heavy (non-hydrogen) atoms. The van der Waals surface area contributed by atoms with E-state index in [1.165, 1.54) is 6.07 Å². The van der Waals surface area contributed by atoms with E-state index >= 15 is 0 Å². The van der Waals surface area contributed by atoms with E-state index in [2.05, 4.69) is 11.9 Å². The molecule has 2 nitrogen and oxygen atoms in total. The zero-order valence-electron chi connectivity index (χ0n) is 8.26. The van der Waals surface area contributed by atoms with Crippen molar-refractivity contribution in [1.29, 1.82) is 0 Å².